The van der Waals surface area contributed by atoms with Crippen LogP contribution in [0.5, 0.6) is 11.6 Å². The van der Waals surface area contributed by atoms with E-state index in [2.05, 4.69) is 10.4 Å². The molecule has 4 rings (SSSR count). The number of anilines is 1. The molecule has 1 aromatic heterocycles. The summed E-state index contributed by atoms with van der Waals surface area (Å²) < 4.78 is 5.40. The maximum Gasteiger partial charge on any atom is 0.312 e. The van der Waals surface area contributed by atoms with E-state index in [1.807, 2.05) is 0 Å². The largest absolute Gasteiger partial charge is 0.432 e. The monoisotopic (exact) mass is 447 g/mol. The van der Waals surface area contributed by atoms with Crippen molar-refractivity contribution >= 4 is 35.0 Å². The topological polar surface area (TPSA) is 158 Å². The van der Waals surface area contributed by atoms with Gasteiger partial charge >= 0.3 is 5.69 Å². The number of amides is 2. The molecule has 0 aliphatic carbocycles. The molecule has 0 radical (unpaired) electrons. The van der Waals surface area contributed by atoms with Gasteiger partial charge in [0.05, 0.1) is 15.5 Å². The predicted molar refractivity (Wildman–Crippen MR) is 114 cm³/mol. The van der Waals surface area contributed by atoms with Crippen LogP contribution in [0.1, 0.15) is 5.56 Å². The molecule has 0 bridgehead atoms. The van der Waals surface area contributed by atoms with Gasteiger partial charge < -0.3 is 4.74 Å². The number of nitrogens with one attached hydrogen (secondary N) is 1. The molecule has 164 valence electrons. The van der Waals surface area contributed by atoms with Crippen molar-refractivity contribution in [2.45, 2.75) is 0 Å². The first-order valence-electron chi connectivity index (χ1n) is 9.32. The van der Waals surface area contributed by atoms with Gasteiger partial charge in [0.15, 0.2) is 0 Å². The number of nitro benzene ring substituents is 1. The van der Waals surface area contributed by atoms with E-state index in [4.69, 9.17) is 4.74 Å². The van der Waals surface area contributed by atoms with Gasteiger partial charge in [-0.1, -0.05) is 24.3 Å². The summed E-state index contributed by atoms with van der Waals surface area (Å²) in [6.45, 7) is 0. The molecule has 1 aliphatic rings. The second-order valence-electron chi connectivity index (χ2n) is 6.67. The minimum absolute atomic E-state index is 0.0846. The standard InChI is InChI=1S/C21H13N5O7/c27-20-16(21(28)24(23-20)14-4-2-1-3-5-14)10-13-6-8-18(17(11-13)26(31)32)33-19-9-7-15(12-22-19)25(29)30/h1-12H,(H,23,27)/b16-10-. The highest BCUT2D eigenvalue weighted by Gasteiger charge is 2.34. The lowest BCUT2D eigenvalue weighted by Crippen LogP contribution is -2.35. The molecular weight excluding hydrogens is 434 g/mol. The van der Waals surface area contributed by atoms with Crippen molar-refractivity contribution in [3.8, 4) is 11.6 Å². The van der Waals surface area contributed by atoms with Crippen molar-refractivity contribution in [2.75, 3.05) is 5.01 Å². The van der Waals surface area contributed by atoms with Crippen LogP contribution < -0.4 is 15.2 Å². The van der Waals surface area contributed by atoms with E-state index >= 15 is 0 Å². The molecule has 12 nitrogen and oxygen atoms in total. The number of hydrogen-bond acceptors (Lipinski definition) is 8. The van der Waals surface area contributed by atoms with E-state index in [-0.39, 0.29) is 28.5 Å². The highest BCUT2D eigenvalue weighted by atomic mass is 16.6. The van der Waals surface area contributed by atoms with Gasteiger partial charge in [0.2, 0.25) is 11.6 Å². The summed E-state index contributed by atoms with van der Waals surface area (Å²) in [6, 6.07) is 14.7. The number of nitro groups is 2. The number of hydrogen-bond donors (Lipinski definition) is 1. The maximum absolute atomic E-state index is 12.7. The van der Waals surface area contributed by atoms with Gasteiger partial charge in [-0.05, 0) is 29.8 Å². The Morgan fingerprint density at radius 2 is 1.73 bits per heavy atom. The first-order valence-corrected chi connectivity index (χ1v) is 9.32. The number of carbonyl (C=O) groups is 2. The highest BCUT2D eigenvalue weighted by Crippen LogP contribution is 2.33. The molecule has 0 unspecified atom stereocenters. The van der Waals surface area contributed by atoms with Crippen molar-refractivity contribution in [2.24, 2.45) is 0 Å². The minimum Gasteiger partial charge on any atom is -0.432 e. The number of para-hydroxylation sites is 1. The van der Waals surface area contributed by atoms with Gasteiger partial charge in [-0.3, -0.25) is 35.2 Å². The predicted octanol–water partition coefficient (Wildman–Crippen LogP) is 3.15. The Morgan fingerprint density at radius 1 is 0.970 bits per heavy atom. The Kier molecular flexibility index (Phi) is 5.47. The summed E-state index contributed by atoms with van der Waals surface area (Å²) in [5, 5.41) is 23.4. The van der Waals surface area contributed by atoms with Crippen molar-refractivity contribution < 1.29 is 24.2 Å². The summed E-state index contributed by atoms with van der Waals surface area (Å²) in [5.74, 6) is -1.51. The molecule has 12 heteroatoms. The van der Waals surface area contributed by atoms with Crippen molar-refractivity contribution in [3.05, 3.63) is 98.2 Å². The van der Waals surface area contributed by atoms with Gasteiger partial charge in [-0.2, -0.15) is 0 Å². The number of ether oxygens (including phenoxy) is 1. The number of carbonyl (C=O) groups excluding carboxylic acids is 2. The van der Waals surface area contributed by atoms with Crippen LogP contribution in [0.25, 0.3) is 6.08 Å². The van der Waals surface area contributed by atoms with Gasteiger partial charge in [0.1, 0.15) is 11.8 Å². The third-order valence-corrected chi connectivity index (χ3v) is 4.54. The number of aromatic nitrogens is 1. The van der Waals surface area contributed by atoms with E-state index in [1.54, 1.807) is 30.3 Å². The Balaban J connectivity index is 1.61. The zero-order valence-corrected chi connectivity index (χ0v) is 16.6. The van der Waals surface area contributed by atoms with Crippen LogP contribution in [0.3, 0.4) is 0 Å². The Morgan fingerprint density at radius 3 is 2.36 bits per heavy atom. The van der Waals surface area contributed by atoms with E-state index in [1.165, 1.54) is 24.3 Å². The van der Waals surface area contributed by atoms with Crippen LogP contribution >= 0.6 is 0 Å². The summed E-state index contributed by atoms with van der Waals surface area (Å²) in [7, 11) is 0. The van der Waals surface area contributed by atoms with Gasteiger partial charge in [0, 0.05) is 18.2 Å². The van der Waals surface area contributed by atoms with E-state index in [0.717, 1.165) is 23.3 Å². The fourth-order valence-electron chi connectivity index (χ4n) is 2.99. The second-order valence-corrected chi connectivity index (χ2v) is 6.67. The van der Waals surface area contributed by atoms with Crippen molar-refractivity contribution in [3.63, 3.8) is 0 Å². The van der Waals surface area contributed by atoms with Gasteiger partial charge in [-0.15, -0.1) is 0 Å². The van der Waals surface area contributed by atoms with E-state index in [9.17, 15) is 29.8 Å². The molecule has 1 N–H and O–H groups in total. The molecule has 33 heavy (non-hydrogen) atoms. The number of nitrogens with zero attached hydrogens (tertiary/aromatic N) is 4. The van der Waals surface area contributed by atoms with Gasteiger partial charge in [0.25, 0.3) is 17.5 Å². The van der Waals surface area contributed by atoms with Gasteiger partial charge in [-0.25, -0.2) is 9.99 Å². The average molecular weight is 447 g/mol. The summed E-state index contributed by atoms with van der Waals surface area (Å²) >= 11 is 0. The molecule has 3 aromatic rings. The SMILES string of the molecule is O=C1NN(c2ccccc2)C(=O)/C1=C\c1ccc(Oc2ccc([N+](=O)[O-])cn2)c([N+](=O)[O-])c1. The van der Waals surface area contributed by atoms with Crippen LogP contribution in [0, 0.1) is 20.2 Å². The molecule has 0 atom stereocenters. The highest BCUT2D eigenvalue weighted by molar-refractivity contribution is 6.31. The zero-order valence-electron chi connectivity index (χ0n) is 16.6. The van der Waals surface area contributed by atoms with Crippen molar-refractivity contribution in [1.29, 1.82) is 0 Å². The van der Waals surface area contributed by atoms with Crippen LogP contribution in [0.15, 0.2) is 72.4 Å². The van der Waals surface area contributed by atoms with Crippen molar-refractivity contribution in [1.82, 2.24) is 10.4 Å². The number of rotatable bonds is 6. The smallest absolute Gasteiger partial charge is 0.312 e. The molecule has 2 amide bonds. The first-order chi connectivity index (χ1) is 15.8. The lowest BCUT2D eigenvalue weighted by molar-refractivity contribution is -0.385. The number of pyridine rings is 1. The molecule has 2 heterocycles. The summed E-state index contributed by atoms with van der Waals surface area (Å²) in [6.07, 6.45) is 2.20. The quantitative estimate of drug-likeness (QED) is 0.261. The Hall–Kier alpha value is -5.13. The fourth-order valence-corrected chi connectivity index (χ4v) is 2.99. The molecule has 1 saturated heterocycles. The average Bonchev–Trinajstić information content (AvgIpc) is 3.09. The lowest BCUT2D eigenvalue weighted by atomic mass is 10.1. The molecule has 2 aromatic carbocycles. The van der Waals surface area contributed by atoms with Crippen LogP contribution in [-0.4, -0.2) is 26.6 Å². The second kappa shape index (κ2) is 8.55. The Labute approximate surface area is 185 Å². The summed E-state index contributed by atoms with van der Waals surface area (Å²) in [4.78, 5) is 49.7. The van der Waals surface area contributed by atoms with E-state index < -0.39 is 27.3 Å². The number of benzene rings is 2. The zero-order chi connectivity index (χ0) is 23.5. The molecular formula is C21H13N5O7. The Bertz CT molecular complexity index is 1310. The molecule has 1 fully saturated rings. The third-order valence-electron chi connectivity index (χ3n) is 4.54. The molecule has 0 spiro atoms. The fraction of sp³-hybridized carbons (Fsp3) is 0. The summed E-state index contributed by atoms with van der Waals surface area (Å²) in [5.41, 5.74) is 2.22. The molecule has 0 saturated carbocycles. The van der Waals surface area contributed by atoms with Crippen LogP contribution in [-0.2, 0) is 9.59 Å². The van der Waals surface area contributed by atoms with E-state index in [0.29, 0.717) is 5.69 Å². The van der Waals surface area contributed by atoms with Crippen LogP contribution in [0.4, 0.5) is 17.1 Å². The minimum atomic E-state index is -0.699. The first kappa shape index (κ1) is 21.1. The molecule has 1 aliphatic heterocycles. The van der Waals surface area contributed by atoms with Crippen LogP contribution in [0.2, 0.25) is 0 Å². The maximum atomic E-state index is 12.7. The number of hydrazine groups is 1. The normalized spacial score (nSPS) is 14.3. The third kappa shape index (κ3) is 4.34. The lowest BCUT2D eigenvalue weighted by Gasteiger charge is -2.13.